The van der Waals surface area contributed by atoms with Crippen LogP contribution in [0.25, 0.3) is 11.6 Å². The third-order valence-corrected chi connectivity index (χ3v) is 4.74. The summed E-state index contributed by atoms with van der Waals surface area (Å²) < 4.78 is 5.20. The minimum atomic E-state index is 0.129. The molecule has 0 aromatic carbocycles. The monoisotopic (exact) mass is 329 g/mol. The first-order valence-corrected chi connectivity index (χ1v) is 8.51. The van der Waals surface area contributed by atoms with Crippen molar-refractivity contribution in [1.29, 1.82) is 0 Å². The smallest absolute Gasteiger partial charge is 0.240 e. The second-order valence-electron chi connectivity index (χ2n) is 6.42. The summed E-state index contributed by atoms with van der Waals surface area (Å²) in [6.45, 7) is 2.23. The molecule has 0 bridgehead atoms. The maximum Gasteiger partial charge on any atom is 0.240 e. The molecule has 1 saturated carbocycles. The van der Waals surface area contributed by atoms with Crippen LogP contribution in [0.1, 0.15) is 44.9 Å². The predicted molar refractivity (Wildman–Crippen MR) is 87.8 cm³/mol. The summed E-state index contributed by atoms with van der Waals surface area (Å²) in [5.41, 5.74) is 0. The lowest BCUT2D eigenvalue weighted by Gasteiger charge is -2.36. The molecule has 24 heavy (non-hydrogen) atoms. The first kappa shape index (κ1) is 16.5. The van der Waals surface area contributed by atoms with Crippen LogP contribution in [0.3, 0.4) is 0 Å². The van der Waals surface area contributed by atoms with E-state index in [2.05, 4.69) is 27.0 Å². The van der Waals surface area contributed by atoms with Gasteiger partial charge in [-0.25, -0.2) is 9.97 Å². The molecule has 128 valence electrons. The lowest BCUT2D eigenvalue weighted by Crippen LogP contribution is -2.42. The Kier molecular flexibility index (Phi) is 5.17. The van der Waals surface area contributed by atoms with E-state index in [1.807, 2.05) is 11.9 Å². The van der Waals surface area contributed by atoms with Crippen LogP contribution >= 0.6 is 0 Å². The zero-order valence-corrected chi connectivity index (χ0v) is 14.2. The molecule has 0 spiro atoms. The van der Waals surface area contributed by atoms with Gasteiger partial charge in [-0.05, 0) is 24.8 Å². The quantitative estimate of drug-likeness (QED) is 0.838. The van der Waals surface area contributed by atoms with Gasteiger partial charge in [0.1, 0.15) is 0 Å². The minimum Gasteiger partial charge on any atom is -0.342 e. The molecule has 2 atom stereocenters. The van der Waals surface area contributed by atoms with Crippen molar-refractivity contribution >= 4 is 5.91 Å². The van der Waals surface area contributed by atoms with Gasteiger partial charge >= 0.3 is 0 Å². The Labute approximate surface area is 141 Å². The maximum atomic E-state index is 12.4. The maximum absolute atomic E-state index is 12.4. The zero-order chi connectivity index (χ0) is 16.9. The summed E-state index contributed by atoms with van der Waals surface area (Å²) in [7, 11) is 1.91. The molecule has 7 nitrogen and oxygen atoms in total. The molecule has 0 radical (unpaired) electrons. The van der Waals surface area contributed by atoms with Crippen molar-refractivity contribution in [3.63, 3.8) is 0 Å². The number of aryl methyl sites for hydroxylation is 1. The lowest BCUT2D eigenvalue weighted by molar-refractivity contribution is -0.133. The highest BCUT2D eigenvalue weighted by Gasteiger charge is 2.27. The average Bonchev–Trinajstić information content (AvgIpc) is 3.09. The van der Waals surface area contributed by atoms with E-state index in [9.17, 15) is 4.79 Å². The molecule has 3 rings (SSSR count). The second-order valence-corrected chi connectivity index (χ2v) is 6.42. The third-order valence-electron chi connectivity index (χ3n) is 4.74. The Morgan fingerprint density at radius 2 is 2.00 bits per heavy atom. The summed E-state index contributed by atoms with van der Waals surface area (Å²) in [6, 6.07) is 2.08. The molecule has 1 aliphatic rings. The normalized spacial score (nSPS) is 20.8. The molecule has 2 aromatic heterocycles. The van der Waals surface area contributed by atoms with Gasteiger partial charge in [-0.2, -0.15) is 4.98 Å². The Bertz CT molecular complexity index is 673. The lowest BCUT2D eigenvalue weighted by atomic mass is 9.85. The Morgan fingerprint density at radius 1 is 1.25 bits per heavy atom. The first-order valence-electron chi connectivity index (χ1n) is 8.51. The molecule has 2 aromatic rings. The molecule has 2 heterocycles. The van der Waals surface area contributed by atoms with Crippen LogP contribution in [-0.2, 0) is 11.2 Å². The van der Waals surface area contributed by atoms with Crippen LogP contribution in [0.2, 0.25) is 0 Å². The van der Waals surface area contributed by atoms with Gasteiger partial charge in [-0.1, -0.05) is 24.9 Å². The van der Waals surface area contributed by atoms with Crippen molar-refractivity contribution < 1.29 is 9.32 Å². The van der Waals surface area contributed by atoms with Crippen LogP contribution in [0.15, 0.2) is 23.0 Å². The molecule has 1 amide bonds. The highest BCUT2D eigenvalue weighted by molar-refractivity contribution is 5.76. The van der Waals surface area contributed by atoms with E-state index < -0.39 is 0 Å². The summed E-state index contributed by atoms with van der Waals surface area (Å²) in [5.74, 6) is 1.91. The van der Waals surface area contributed by atoms with Gasteiger partial charge in [0.2, 0.25) is 23.4 Å². The van der Waals surface area contributed by atoms with Crippen molar-refractivity contribution in [2.75, 3.05) is 7.05 Å². The number of amides is 1. The number of nitrogens with zero attached hydrogens (tertiary/aromatic N) is 5. The fourth-order valence-electron chi connectivity index (χ4n) is 3.31. The Balaban J connectivity index is 1.55. The molecule has 0 saturated heterocycles. The topological polar surface area (TPSA) is 85.0 Å². The van der Waals surface area contributed by atoms with Gasteiger partial charge in [0.05, 0.1) is 0 Å². The number of carbonyl (C=O) groups excluding carboxylic acids is 1. The van der Waals surface area contributed by atoms with E-state index in [1.165, 1.54) is 19.3 Å². The summed E-state index contributed by atoms with van der Waals surface area (Å²) >= 11 is 0. The molecule has 0 N–H and O–H groups in total. The van der Waals surface area contributed by atoms with E-state index in [4.69, 9.17) is 4.52 Å². The van der Waals surface area contributed by atoms with Gasteiger partial charge in [0.15, 0.2) is 0 Å². The molecule has 7 heteroatoms. The van der Waals surface area contributed by atoms with Crippen LogP contribution in [0, 0.1) is 5.92 Å². The number of hydrogen-bond acceptors (Lipinski definition) is 6. The zero-order valence-electron chi connectivity index (χ0n) is 14.2. The largest absolute Gasteiger partial charge is 0.342 e. The number of rotatable bonds is 5. The van der Waals surface area contributed by atoms with Gasteiger partial charge in [0, 0.05) is 38.3 Å². The minimum absolute atomic E-state index is 0.129. The van der Waals surface area contributed by atoms with E-state index in [0.717, 1.165) is 6.42 Å². The van der Waals surface area contributed by atoms with Crippen molar-refractivity contribution in [2.45, 2.75) is 51.5 Å². The molecular formula is C17H23N5O2. The SMILES string of the molecule is C[C@@H]1CCCC[C@H]1N(C)C(=O)CCc1nc(-c2ncccn2)no1. The summed E-state index contributed by atoms with van der Waals surface area (Å²) in [5, 5.41) is 3.88. The van der Waals surface area contributed by atoms with Crippen molar-refractivity contribution in [2.24, 2.45) is 5.92 Å². The van der Waals surface area contributed by atoms with E-state index in [1.54, 1.807) is 18.5 Å². The fourth-order valence-corrected chi connectivity index (χ4v) is 3.31. The Morgan fingerprint density at radius 3 is 2.75 bits per heavy atom. The average molecular weight is 329 g/mol. The van der Waals surface area contributed by atoms with Crippen molar-refractivity contribution in [3.05, 3.63) is 24.4 Å². The number of hydrogen-bond donors (Lipinski definition) is 0. The van der Waals surface area contributed by atoms with Gasteiger partial charge in [-0.15, -0.1) is 0 Å². The summed E-state index contributed by atoms with van der Waals surface area (Å²) in [4.78, 5) is 26.8. The fraction of sp³-hybridized carbons (Fsp3) is 0.588. The van der Waals surface area contributed by atoms with Crippen LogP contribution in [-0.4, -0.2) is 44.0 Å². The first-order chi connectivity index (χ1) is 11.6. The highest BCUT2D eigenvalue weighted by Crippen LogP contribution is 2.27. The number of carbonyl (C=O) groups is 1. The molecule has 0 unspecified atom stereocenters. The van der Waals surface area contributed by atoms with Crippen LogP contribution in [0.4, 0.5) is 0 Å². The van der Waals surface area contributed by atoms with Crippen LogP contribution < -0.4 is 0 Å². The molecule has 1 aliphatic carbocycles. The predicted octanol–water partition coefficient (Wildman–Crippen LogP) is 2.50. The van der Waals surface area contributed by atoms with Crippen LogP contribution in [0.5, 0.6) is 0 Å². The van der Waals surface area contributed by atoms with Gasteiger partial charge < -0.3 is 9.42 Å². The number of aromatic nitrogens is 4. The van der Waals surface area contributed by atoms with E-state index >= 15 is 0 Å². The van der Waals surface area contributed by atoms with E-state index in [0.29, 0.717) is 42.3 Å². The third kappa shape index (κ3) is 3.77. The molecule has 1 fully saturated rings. The van der Waals surface area contributed by atoms with Crippen molar-refractivity contribution in [1.82, 2.24) is 25.0 Å². The molecular weight excluding hydrogens is 306 g/mol. The van der Waals surface area contributed by atoms with Gasteiger partial charge in [0.25, 0.3) is 0 Å². The summed E-state index contributed by atoms with van der Waals surface area (Å²) in [6.07, 6.45) is 8.83. The Hall–Kier alpha value is -2.31. The van der Waals surface area contributed by atoms with Gasteiger partial charge in [-0.3, -0.25) is 4.79 Å². The highest BCUT2D eigenvalue weighted by atomic mass is 16.5. The standard InChI is InChI=1S/C17H23N5O2/c1-12-6-3-4-7-13(12)22(2)15(23)9-8-14-20-17(21-24-14)16-18-10-5-11-19-16/h5,10-13H,3-4,6-9H2,1-2H3/t12-,13-/m1/s1. The molecule has 0 aliphatic heterocycles. The second kappa shape index (κ2) is 7.51. The van der Waals surface area contributed by atoms with Crippen molar-refractivity contribution in [3.8, 4) is 11.6 Å². The van der Waals surface area contributed by atoms with E-state index in [-0.39, 0.29) is 5.91 Å².